The maximum absolute atomic E-state index is 13.6. The molecule has 0 bridgehead atoms. The van der Waals surface area contributed by atoms with Crippen molar-refractivity contribution in [3.05, 3.63) is 28.2 Å². The molecule has 1 fully saturated rings. The number of carbonyl (C=O) groups excluding carboxylic acids is 1. The minimum Gasteiger partial charge on any atom is -0.481 e. The average Bonchev–Trinajstić information content (AvgIpc) is 3.28. The molecule has 12 heteroatoms. The number of carbonyl (C=O) groups is 2. The number of aliphatic carboxylic acids is 1. The number of carboxylic acid groups (broad SMARTS) is 1. The second kappa shape index (κ2) is 21.2. The third-order valence-corrected chi connectivity index (χ3v) is 6.31. The summed E-state index contributed by atoms with van der Waals surface area (Å²) < 4.78 is 26.0. The van der Waals surface area contributed by atoms with Gasteiger partial charge in [-0.25, -0.2) is 4.39 Å². The van der Waals surface area contributed by atoms with E-state index in [1.54, 1.807) is 0 Å². The zero-order valence-corrected chi connectivity index (χ0v) is 27.2. The topological polar surface area (TPSA) is 132 Å². The van der Waals surface area contributed by atoms with Crippen molar-refractivity contribution in [3.8, 4) is 0 Å². The molecule has 1 aliphatic heterocycles. The van der Waals surface area contributed by atoms with E-state index in [4.69, 9.17) is 20.3 Å². The summed E-state index contributed by atoms with van der Waals surface area (Å²) in [5.74, 6) is -2.62. The van der Waals surface area contributed by atoms with E-state index in [9.17, 15) is 18.8 Å². The Balaban J connectivity index is 0. The molecule has 1 saturated heterocycles. The Hall–Kier alpha value is -1.55. The second-order valence-electron chi connectivity index (χ2n) is 9.68. The first-order valence-electron chi connectivity index (χ1n) is 13.5. The molecule has 2 unspecified atom stereocenters. The number of alkyl halides is 1. The summed E-state index contributed by atoms with van der Waals surface area (Å²) in [6.07, 6.45) is 9.79. The normalized spacial score (nSPS) is 17.9. The maximum atomic E-state index is 13.6. The van der Waals surface area contributed by atoms with Gasteiger partial charge in [0.1, 0.15) is 24.3 Å². The van der Waals surface area contributed by atoms with E-state index in [2.05, 4.69) is 16.6 Å². The SMILES string of the molecule is CCCC(CCC)C(=O)O.CCCC(CCC)C(=O)OCC1(C)CCC(n2cc(F)c([NH-])nc2=O)O1.CCl.[Ir]. The van der Waals surface area contributed by atoms with E-state index in [0.29, 0.717) is 12.8 Å². The number of nitrogens with one attached hydrogen (secondary N) is 1. The smallest absolute Gasteiger partial charge is 0.309 e. The molecule has 1 aliphatic rings. The number of aromatic nitrogens is 2. The van der Waals surface area contributed by atoms with Crippen LogP contribution in [0.3, 0.4) is 0 Å². The van der Waals surface area contributed by atoms with E-state index < -0.39 is 35.1 Å². The summed E-state index contributed by atoms with van der Waals surface area (Å²) in [5.41, 5.74) is 5.76. The van der Waals surface area contributed by atoms with Crippen LogP contribution in [0.4, 0.5) is 10.2 Å². The molecule has 1 radical (unpaired) electrons. The van der Waals surface area contributed by atoms with Crippen molar-refractivity contribution >= 4 is 29.4 Å². The Kier molecular flexibility index (Phi) is 21.6. The number of nitrogens with zero attached hydrogens (tertiary/aromatic N) is 2. The molecule has 0 saturated carbocycles. The van der Waals surface area contributed by atoms with Crippen LogP contribution in [-0.2, 0) is 39.2 Å². The Bertz CT molecular complexity index is 895. The van der Waals surface area contributed by atoms with Crippen molar-refractivity contribution in [2.75, 3.05) is 13.0 Å². The molecule has 2 rings (SSSR count). The largest absolute Gasteiger partial charge is 0.481 e. The van der Waals surface area contributed by atoms with Crippen molar-refractivity contribution in [2.45, 2.75) is 111 Å². The number of hydrogen-bond donors (Lipinski definition) is 1. The molecule has 0 amide bonds. The number of halogens is 2. The summed E-state index contributed by atoms with van der Waals surface area (Å²) in [7, 11) is 0. The van der Waals surface area contributed by atoms with Gasteiger partial charge in [0.15, 0.2) is 0 Å². The summed E-state index contributed by atoms with van der Waals surface area (Å²) >= 11 is 4.64. The third kappa shape index (κ3) is 14.1. The first kappa shape index (κ1) is 39.6. The van der Waals surface area contributed by atoms with Crippen LogP contribution in [0.25, 0.3) is 5.73 Å². The molecule has 39 heavy (non-hydrogen) atoms. The first-order chi connectivity index (χ1) is 18.0. The number of hydrogen-bond acceptors (Lipinski definition) is 6. The van der Waals surface area contributed by atoms with E-state index in [0.717, 1.165) is 62.1 Å². The molecule has 0 spiro atoms. The molecular weight excluding hydrogens is 709 g/mol. The van der Waals surface area contributed by atoms with E-state index in [-0.39, 0.29) is 44.5 Å². The number of esters is 1. The minimum atomic E-state index is -0.879. The van der Waals surface area contributed by atoms with Gasteiger partial charge in [-0.3, -0.25) is 19.0 Å². The molecule has 0 aromatic carbocycles. The Morgan fingerprint density at radius 2 is 1.64 bits per heavy atom. The standard InChI is InChI=1S/C18H28FN3O4.C8H16O2.CH3Cl.Ir/c1-4-6-12(7-5-2)16(23)25-11-18(3)9-8-14(26-18)22-10-13(19)15(20)21-17(22)24;1-3-5-7(6-4-2)8(9)10;1-2;/h10,12,14H,4-9,11H2,1-3H3,(H2,20,21,24);7H,3-6H2,1-2H3,(H,9,10);1H3;/p-1. The number of ether oxygens (including phenoxy) is 2. The number of rotatable bonds is 13. The molecule has 0 aliphatic carbocycles. The fourth-order valence-electron chi connectivity index (χ4n) is 4.34. The molecule has 1 aromatic heterocycles. The van der Waals surface area contributed by atoms with Gasteiger partial charge < -0.3 is 25.3 Å². The molecule has 1 aromatic rings. The predicted molar refractivity (Wildman–Crippen MR) is 147 cm³/mol. The second-order valence-corrected chi connectivity index (χ2v) is 9.68. The van der Waals surface area contributed by atoms with Crippen LogP contribution in [0.5, 0.6) is 0 Å². The zero-order chi connectivity index (χ0) is 29.3. The van der Waals surface area contributed by atoms with Crippen LogP contribution in [-0.4, -0.2) is 45.2 Å². The fraction of sp³-hybridized carbons (Fsp3) is 0.778. The van der Waals surface area contributed by atoms with Gasteiger partial charge in [0.25, 0.3) is 0 Å². The molecular formula is C27H46ClFIrN3O6-. The third-order valence-electron chi connectivity index (χ3n) is 6.31. The molecule has 2 heterocycles. The average molecular weight is 755 g/mol. The van der Waals surface area contributed by atoms with Gasteiger partial charge in [-0.2, -0.15) is 0 Å². The van der Waals surface area contributed by atoms with Gasteiger partial charge in [-0.1, -0.05) is 53.4 Å². The molecule has 229 valence electrons. The van der Waals surface area contributed by atoms with Gasteiger partial charge in [0.2, 0.25) is 5.69 Å². The predicted octanol–water partition coefficient (Wildman–Crippen LogP) is 7.03. The molecule has 2 N–H and O–H groups in total. The monoisotopic (exact) mass is 755 g/mol. The summed E-state index contributed by atoms with van der Waals surface area (Å²) in [6.45, 7) is 10.0. The summed E-state index contributed by atoms with van der Waals surface area (Å²) in [6, 6.07) is 0. The molecule has 9 nitrogen and oxygen atoms in total. The van der Waals surface area contributed by atoms with Crippen molar-refractivity contribution < 1.29 is 48.7 Å². The molecule has 2 atom stereocenters. The summed E-state index contributed by atoms with van der Waals surface area (Å²) in [5, 5.41) is 8.64. The summed E-state index contributed by atoms with van der Waals surface area (Å²) in [4.78, 5) is 38.0. The fourth-order valence-corrected chi connectivity index (χ4v) is 4.34. The van der Waals surface area contributed by atoms with Crippen LogP contribution in [0.2, 0.25) is 0 Å². The van der Waals surface area contributed by atoms with Gasteiger partial charge in [0.05, 0.1) is 11.8 Å². The Morgan fingerprint density at radius 3 is 2.10 bits per heavy atom. The van der Waals surface area contributed by atoms with Crippen LogP contribution in [0, 0.1) is 17.7 Å². The van der Waals surface area contributed by atoms with E-state index >= 15 is 0 Å². The van der Waals surface area contributed by atoms with Crippen molar-refractivity contribution in [1.29, 1.82) is 0 Å². The van der Waals surface area contributed by atoms with Gasteiger partial charge >= 0.3 is 11.9 Å². The minimum absolute atomic E-state index is 0. The van der Waals surface area contributed by atoms with Gasteiger partial charge in [0, 0.05) is 32.7 Å². The van der Waals surface area contributed by atoms with Crippen LogP contribution < -0.4 is 5.69 Å². The van der Waals surface area contributed by atoms with E-state index in [1.807, 2.05) is 34.6 Å². The Morgan fingerprint density at radius 1 is 1.15 bits per heavy atom. The zero-order valence-electron chi connectivity index (χ0n) is 24.1. The van der Waals surface area contributed by atoms with Crippen LogP contribution in [0.1, 0.15) is 105 Å². The maximum Gasteiger partial charge on any atom is 0.309 e. The quantitative estimate of drug-likeness (QED) is 0.169. The van der Waals surface area contributed by atoms with Crippen molar-refractivity contribution in [1.82, 2.24) is 9.55 Å². The van der Waals surface area contributed by atoms with Crippen LogP contribution in [0.15, 0.2) is 11.0 Å². The van der Waals surface area contributed by atoms with E-state index in [1.165, 1.54) is 6.38 Å². The van der Waals surface area contributed by atoms with Crippen molar-refractivity contribution in [2.24, 2.45) is 11.8 Å². The number of carboxylic acids is 1. The first-order valence-corrected chi connectivity index (χ1v) is 14.2. The van der Waals surface area contributed by atoms with Gasteiger partial charge in [-0.05, 0) is 51.3 Å². The Labute approximate surface area is 250 Å². The van der Waals surface area contributed by atoms with Gasteiger partial charge in [-0.15, -0.1) is 11.6 Å². The van der Waals surface area contributed by atoms with Crippen LogP contribution >= 0.6 is 11.6 Å². The van der Waals surface area contributed by atoms with Crippen molar-refractivity contribution in [3.63, 3.8) is 0 Å².